The van der Waals surface area contributed by atoms with Gasteiger partial charge in [0.15, 0.2) is 0 Å². The molecule has 1 amide bonds. The maximum absolute atomic E-state index is 12.0. The van der Waals surface area contributed by atoms with Crippen LogP contribution in [0.5, 0.6) is 0 Å². The summed E-state index contributed by atoms with van der Waals surface area (Å²) in [6.07, 6.45) is 7.75. The quantitative estimate of drug-likeness (QED) is 0.149. The second-order valence-corrected chi connectivity index (χ2v) is 15.0. The Labute approximate surface area is 328 Å². The molecule has 0 unspecified atom stereocenters. The Morgan fingerprint density at radius 2 is 0.981 bits per heavy atom. The maximum Gasteiger partial charge on any atom is 0.233 e. The van der Waals surface area contributed by atoms with E-state index in [9.17, 15) is 9.59 Å². The van der Waals surface area contributed by atoms with Gasteiger partial charge >= 0.3 is 0 Å². The molecular weight excluding hydrogens is 721 g/mol. The maximum atomic E-state index is 12.0. The molecule has 52 heavy (non-hydrogen) atoms. The summed E-state index contributed by atoms with van der Waals surface area (Å²) in [5, 5.41) is 15.4. The highest BCUT2D eigenvalue weighted by Gasteiger charge is 2.24. The van der Waals surface area contributed by atoms with Gasteiger partial charge in [-0.05, 0) is 49.8 Å². The van der Waals surface area contributed by atoms with E-state index in [4.69, 9.17) is 14.2 Å². The number of methoxy groups -OCH3 is 3. The Morgan fingerprint density at radius 1 is 0.577 bits per heavy atom. The van der Waals surface area contributed by atoms with E-state index in [0.717, 1.165) is 111 Å². The van der Waals surface area contributed by atoms with Gasteiger partial charge in [-0.1, -0.05) is 0 Å². The van der Waals surface area contributed by atoms with E-state index in [-0.39, 0.29) is 11.8 Å². The van der Waals surface area contributed by atoms with Crippen LogP contribution in [0.15, 0.2) is 34.8 Å². The molecule has 0 saturated carbocycles. The number of piperazine rings is 2. The third-order valence-corrected chi connectivity index (χ3v) is 10.7. The molecule has 3 rings (SSSR count). The van der Waals surface area contributed by atoms with Gasteiger partial charge < -0.3 is 35.1 Å². The number of hydrogen-bond acceptors (Lipinski definition) is 15. The molecule has 3 heterocycles. The van der Waals surface area contributed by atoms with Gasteiger partial charge in [-0.15, -0.1) is 35.3 Å². The second-order valence-electron chi connectivity index (χ2n) is 12.3. The van der Waals surface area contributed by atoms with Crippen molar-refractivity contribution in [2.24, 2.45) is 5.92 Å². The van der Waals surface area contributed by atoms with Gasteiger partial charge in [0.25, 0.3) is 0 Å². The topological polar surface area (TPSA) is 114 Å². The summed E-state index contributed by atoms with van der Waals surface area (Å²) in [5.41, 5.74) is 0. The van der Waals surface area contributed by atoms with Gasteiger partial charge in [0.2, 0.25) is 5.91 Å². The van der Waals surface area contributed by atoms with E-state index in [0.29, 0.717) is 30.8 Å². The third-order valence-electron chi connectivity index (χ3n) is 8.32. The zero-order chi connectivity index (χ0) is 38.1. The van der Waals surface area contributed by atoms with Crippen LogP contribution in [0.3, 0.4) is 0 Å². The molecule has 3 aliphatic heterocycles. The second kappa shape index (κ2) is 34.1. The molecule has 0 spiro atoms. The Hall–Kier alpha value is -1.47. The number of hydrogen-bond donors (Lipinski definition) is 3. The van der Waals surface area contributed by atoms with Crippen molar-refractivity contribution in [2.45, 2.75) is 33.6 Å². The van der Waals surface area contributed by atoms with Crippen LogP contribution < -0.4 is 16.0 Å². The summed E-state index contributed by atoms with van der Waals surface area (Å²) in [4.78, 5) is 35.1. The molecule has 0 aromatic heterocycles. The molecule has 0 aromatic rings. The molecule has 3 N–H and O–H groups in total. The number of piperidine rings is 1. The lowest BCUT2D eigenvalue weighted by Crippen LogP contribution is -2.49. The summed E-state index contributed by atoms with van der Waals surface area (Å²) in [7, 11) is 5.17. The van der Waals surface area contributed by atoms with E-state index in [1.807, 2.05) is 59.9 Å². The first-order chi connectivity index (χ1) is 25.4. The monoisotopic (exact) mass is 790 g/mol. The molecule has 0 bridgehead atoms. The van der Waals surface area contributed by atoms with E-state index in [2.05, 4.69) is 47.9 Å². The highest BCUT2D eigenvalue weighted by Crippen LogP contribution is 2.20. The van der Waals surface area contributed by atoms with Crippen LogP contribution in [0.4, 0.5) is 0 Å². The lowest BCUT2D eigenvalue weighted by molar-refractivity contribution is -0.130. The van der Waals surface area contributed by atoms with Crippen molar-refractivity contribution in [3.05, 3.63) is 34.8 Å². The first kappa shape index (κ1) is 48.5. The van der Waals surface area contributed by atoms with Gasteiger partial charge in [-0.25, -0.2) is 0 Å². The van der Waals surface area contributed by atoms with Crippen LogP contribution in [0, 0.1) is 5.92 Å². The van der Waals surface area contributed by atoms with Crippen molar-refractivity contribution in [2.75, 3.05) is 144 Å². The number of thioether (sulfide) groups is 3. The molecule has 0 aliphatic carbocycles. The minimum atomic E-state index is 0.221. The zero-order valence-corrected chi connectivity index (χ0v) is 35.3. The van der Waals surface area contributed by atoms with E-state index in [1.165, 1.54) is 11.8 Å². The molecule has 0 radical (unpaired) electrons. The minimum absolute atomic E-state index is 0.221. The molecule has 302 valence electrons. The number of Topliss-reactive ketones (excluding diaryl/α,β-unsaturated/α-hetero) is 1. The smallest absolute Gasteiger partial charge is 0.233 e. The van der Waals surface area contributed by atoms with Crippen molar-refractivity contribution < 1.29 is 23.8 Å². The summed E-state index contributed by atoms with van der Waals surface area (Å²) in [5.74, 6) is 3.06. The first-order valence-corrected chi connectivity index (χ1v) is 21.7. The lowest BCUT2D eigenvalue weighted by atomic mass is 9.93. The van der Waals surface area contributed by atoms with Crippen molar-refractivity contribution >= 4 is 47.0 Å². The molecule has 3 aliphatic rings. The highest BCUT2D eigenvalue weighted by molar-refractivity contribution is 8.03. The van der Waals surface area contributed by atoms with Gasteiger partial charge in [0, 0.05) is 137 Å². The van der Waals surface area contributed by atoms with Gasteiger partial charge in [0.05, 0.1) is 31.7 Å². The molecule has 13 nitrogen and oxygen atoms in total. The summed E-state index contributed by atoms with van der Waals surface area (Å²) in [6, 6.07) is 0. The van der Waals surface area contributed by atoms with E-state index >= 15 is 0 Å². The minimum Gasteiger partial charge on any atom is -0.391 e. The Morgan fingerprint density at radius 3 is 1.44 bits per heavy atom. The van der Waals surface area contributed by atoms with Crippen molar-refractivity contribution in [1.29, 1.82) is 0 Å². The SMILES string of the molecule is CCNC=CSCC(=O)C1CCN(COC)CC1.CCNC=CSCC(=O)N1CCN(COC)CC1.CCNC=CSCN1CCN(COC)CC1. The number of amides is 1. The van der Waals surface area contributed by atoms with Crippen molar-refractivity contribution in [3.63, 3.8) is 0 Å². The number of nitrogens with one attached hydrogen (secondary N) is 3. The van der Waals surface area contributed by atoms with E-state index < -0.39 is 0 Å². The van der Waals surface area contributed by atoms with Crippen LogP contribution >= 0.6 is 35.3 Å². The highest BCUT2D eigenvalue weighted by atomic mass is 32.2. The Balaban J connectivity index is 0.000000391. The van der Waals surface area contributed by atoms with Crippen molar-refractivity contribution in [1.82, 2.24) is 40.4 Å². The number of ketones is 1. The number of nitrogens with zero attached hydrogens (tertiary/aromatic N) is 5. The molecule has 3 fully saturated rings. The normalized spacial score (nSPS) is 18.3. The molecule has 3 saturated heterocycles. The Kier molecular flexibility index (Phi) is 31.8. The zero-order valence-electron chi connectivity index (χ0n) is 32.9. The first-order valence-electron chi connectivity index (χ1n) is 18.6. The number of ether oxygens (including phenoxy) is 3. The van der Waals surface area contributed by atoms with Gasteiger partial charge in [-0.2, -0.15) is 0 Å². The van der Waals surface area contributed by atoms with Gasteiger partial charge in [-0.3, -0.25) is 29.2 Å². The van der Waals surface area contributed by atoms with Crippen LogP contribution in [-0.2, 0) is 23.8 Å². The third kappa shape index (κ3) is 24.8. The van der Waals surface area contributed by atoms with Gasteiger partial charge in [0.1, 0.15) is 5.78 Å². The average Bonchev–Trinajstić information content (AvgIpc) is 3.16. The molecule has 16 heteroatoms. The summed E-state index contributed by atoms with van der Waals surface area (Å²) in [6.45, 7) is 21.0. The largest absolute Gasteiger partial charge is 0.391 e. The predicted octanol–water partition coefficient (Wildman–Crippen LogP) is 3.21. The predicted molar refractivity (Wildman–Crippen MR) is 222 cm³/mol. The molecule has 0 aromatic carbocycles. The molecule has 0 atom stereocenters. The number of rotatable bonds is 22. The lowest BCUT2D eigenvalue weighted by Gasteiger charge is -2.34. The van der Waals surface area contributed by atoms with Crippen LogP contribution in [0.1, 0.15) is 33.6 Å². The van der Waals surface area contributed by atoms with E-state index in [1.54, 1.807) is 33.1 Å². The van der Waals surface area contributed by atoms with Crippen LogP contribution in [0.2, 0.25) is 0 Å². The fourth-order valence-corrected chi connectivity index (χ4v) is 7.41. The number of likely N-dealkylation sites (tertiary alicyclic amines) is 1. The molecular formula is C36H70N8O5S3. The Bertz CT molecular complexity index is 906. The standard InChI is InChI=1S/C13H24N2O2S.C12H23N3O2S.C11H23N3OS/c1-3-14-6-9-18-10-13(16)12-4-7-15(8-5-12)11-17-2;1-3-13-4-9-18-10-12(16)15-7-5-14(6-8-15)11-17-2;1-3-12-4-9-16-11-14-7-5-13(6-8-14)10-15-2/h6,9,12,14H,3-5,7-8,10-11H2,1-2H3;4,9,13H,3,5-8,10-11H2,1-2H3;4,9,12H,3,5-8,10-11H2,1-2H3. The average molecular weight is 791 g/mol. The summed E-state index contributed by atoms with van der Waals surface area (Å²) >= 11 is 4.96. The van der Waals surface area contributed by atoms with Crippen LogP contribution in [0.25, 0.3) is 0 Å². The van der Waals surface area contributed by atoms with Crippen LogP contribution in [-0.4, -0.2) is 180 Å². The fourth-order valence-electron chi connectivity index (χ4n) is 5.36. The summed E-state index contributed by atoms with van der Waals surface area (Å²) < 4.78 is 15.3. The number of carbonyl (C=O) groups excluding carboxylic acids is 2. The van der Waals surface area contributed by atoms with Crippen molar-refractivity contribution in [3.8, 4) is 0 Å². The number of carbonyl (C=O) groups is 2. The fraction of sp³-hybridized carbons (Fsp3) is 0.778.